The molecule has 1 aromatic carbocycles. The third kappa shape index (κ3) is 3.52. The molecule has 5 heteroatoms. The number of nitrogens with zero attached hydrogens (tertiary/aromatic N) is 3. The predicted molar refractivity (Wildman–Crippen MR) is 104 cm³/mol. The molecule has 25 heavy (non-hydrogen) atoms. The summed E-state index contributed by atoms with van der Waals surface area (Å²) in [5.41, 5.74) is 2.37. The van der Waals surface area contributed by atoms with E-state index in [1.807, 2.05) is 0 Å². The van der Waals surface area contributed by atoms with Crippen LogP contribution in [0.4, 0.5) is 5.13 Å². The molecule has 0 aliphatic carbocycles. The molecule has 2 aliphatic heterocycles. The molecule has 3 heterocycles. The van der Waals surface area contributed by atoms with E-state index in [0.717, 1.165) is 56.1 Å². The summed E-state index contributed by atoms with van der Waals surface area (Å²) in [5, 5.41) is 1.11. The second-order valence-electron chi connectivity index (χ2n) is 7.76. The number of aromatic nitrogens is 1. The van der Waals surface area contributed by atoms with Crippen LogP contribution in [-0.2, 0) is 4.79 Å². The third-order valence-electron chi connectivity index (χ3n) is 5.62. The number of carbonyl (C=O) groups is 1. The van der Waals surface area contributed by atoms with Gasteiger partial charge in [0.15, 0.2) is 5.13 Å². The molecule has 2 fully saturated rings. The van der Waals surface area contributed by atoms with Crippen molar-refractivity contribution in [2.45, 2.75) is 39.5 Å². The Balaban J connectivity index is 1.39. The van der Waals surface area contributed by atoms with Gasteiger partial charge in [0.05, 0.1) is 10.2 Å². The fourth-order valence-electron chi connectivity index (χ4n) is 4.12. The Morgan fingerprint density at radius 2 is 2.00 bits per heavy atom. The Morgan fingerprint density at radius 1 is 1.20 bits per heavy atom. The van der Waals surface area contributed by atoms with E-state index in [1.54, 1.807) is 11.3 Å². The molecule has 0 spiro atoms. The molecule has 1 amide bonds. The molecule has 4 rings (SSSR count). The Labute approximate surface area is 153 Å². The van der Waals surface area contributed by atoms with E-state index in [4.69, 9.17) is 4.98 Å². The first-order valence-corrected chi connectivity index (χ1v) is 10.3. The second-order valence-corrected chi connectivity index (χ2v) is 8.77. The number of hydrogen-bond donors (Lipinski definition) is 0. The first-order chi connectivity index (χ1) is 12.1. The average Bonchev–Trinajstić information content (AvgIpc) is 3.04. The monoisotopic (exact) mass is 357 g/mol. The van der Waals surface area contributed by atoms with Crippen LogP contribution in [0.2, 0.25) is 0 Å². The molecule has 1 atom stereocenters. The molecule has 2 saturated heterocycles. The zero-order valence-electron chi connectivity index (χ0n) is 15.2. The van der Waals surface area contributed by atoms with Crippen LogP contribution in [0.25, 0.3) is 10.2 Å². The standard InChI is InChI=1S/C20H27N3OS/c1-14-5-6-17-18(12-14)25-20(21-17)22-10-7-16(8-11-22)19(24)23-9-3-4-15(2)13-23/h5-6,12,15-16H,3-4,7-11,13H2,1-2H3. The van der Waals surface area contributed by atoms with Gasteiger partial charge in [0.2, 0.25) is 5.91 Å². The maximum Gasteiger partial charge on any atom is 0.225 e. The number of amides is 1. The van der Waals surface area contributed by atoms with Crippen LogP contribution in [0, 0.1) is 18.8 Å². The Hall–Kier alpha value is -1.62. The van der Waals surface area contributed by atoms with Gasteiger partial charge >= 0.3 is 0 Å². The first kappa shape index (κ1) is 16.8. The Kier molecular flexibility index (Phi) is 4.67. The zero-order valence-corrected chi connectivity index (χ0v) is 16.0. The SMILES string of the molecule is Cc1ccc2nc(N3CCC(C(=O)N4CCCC(C)C4)CC3)sc2c1. The van der Waals surface area contributed by atoms with Gasteiger partial charge in [-0.05, 0) is 56.2 Å². The van der Waals surface area contributed by atoms with E-state index in [2.05, 4.69) is 41.8 Å². The smallest absolute Gasteiger partial charge is 0.225 e. The molecule has 1 aromatic heterocycles. The molecule has 4 nitrogen and oxygen atoms in total. The highest BCUT2D eigenvalue weighted by atomic mass is 32.1. The number of rotatable bonds is 2. The fourth-order valence-corrected chi connectivity index (χ4v) is 5.24. The molecule has 0 N–H and O–H groups in total. The summed E-state index contributed by atoms with van der Waals surface area (Å²) in [6, 6.07) is 6.44. The number of thiazole rings is 1. The predicted octanol–water partition coefficient (Wildman–Crippen LogP) is 4.08. The largest absolute Gasteiger partial charge is 0.348 e. The van der Waals surface area contributed by atoms with E-state index >= 15 is 0 Å². The molecule has 2 aromatic rings. The molecule has 2 aliphatic rings. The normalized spacial score (nSPS) is 22.6. The van der Waals surface area contributed by atoms with Crippen LogP contribution in [0.5, 0.6) is 0 Å². The topological polar surface area (TPSA) is 36.4 Å². The fraction of sp³-hybridized carbons (Fsp3) is 0.600. The lowest BCUT2D eigenvalue weighted by molar-refractivity contribution is -0.137. The molecule has 1 unspecified atom stereocenters. The molecular formula is C20H27N3OS. The number of piperidine rings is 2. The minimum absolute atomic E-state index is 0.207. The number of fused-ring (bicyclic) bond motifs is 1. The number of benzene rings is 1. The number of carbonyl (C=O) groups excluding carboxylic acids is 1. The van der Waals surface area contributed by atoms with E-state index in [0.29, 0.717) is 11.8 Å². The summed E-state index contributed by atoms with van der Waals surface area (Å²) in [6.45, 7) is 8.18. The van der Waals surface area contributed by atoms with Crippen LogP contribution < -0.4 is 4.90 Å². The van der Waals surface area contributed by atoms with Crippen molar-refractivity contribution in [1.29, 1.82) is 0 Å². The van der Waals surface area contributed by atoms with Crippen molar-refractivity contribution in [3.63, 3.8) is 0 Å². The van der Waals surface area contributed by atoms with Crippen LogP contribution in [0.3, 0.4) is 0 Å². The van der Waals surface area contributed by atoms with Crippen molar-refractivity contribution in [2.75, 3.05) is 31.1 Å². The van der Waals surface area contributed by atoms with Gasteiger partial charge in [0.1, 0.15) is 0 Å². The summed E-state index contributed by atoms with van der Waals surface area (Å²) in [4.78, 5) is 22.1. The number of hydrogen-bond acceptors (Lipinski definition) is 4. The van der Waals surface area contributed by atoms with Gasteiger partial charge in [-0.2, -0.15) is 0 Å². The summed E-state index contributed by atoms with van der Waals surface area (Å²) in [6.07, 6.45) is 4.34. The van der Waals surface area contributed by atoms with Gasteiger partial charge in [-0.25, -0.2) is 4.98 Å². The quantitative estimate of drug-likeness (QED) is 0.812. The van der Waals surface area contributed by atoms with Crippen LogP contribution in [0.1, 0.15) is 38.2 Å². The maximum atomic E-state index is 12.8. The van der Waals surface area contributed by atoms with Crippen LogP contribution in [-0.4, -0.2) is 42.0 Å². The molecule has 0 bridgehead atoms. The molecular weight excluding hydrogens is 330 g/mol. The van der Waals surface area contributed by atoms with Gasteiger partial charge in [-0.3, -0.25) is 4.79 Å². The van der Waals surface area contributed by atoms with E-state index in [-0.39, 0.29) is 5.92 Å². The highest BCUT2D eigenvalue weighted by molar-refractivity contribution is 7.22. The average molecular weight is 358 g/mol. The summed E-state index contributed by atoms with van der Waals surface area (Å²) >= 11 is 1.78. The highest BCUT2D eigenvalue weighted by Crippen LogP contribution is 2.32. The lowest BCUT2D eigenvalue weighted by Gasteiger charge is -2.37. The van der Waals surface area contributed by atoms with Crippen molar-refractivity contribution < 1.29 is 4.79 Å². The van der Waals surface area contributed by atoms with Crippen molar-refractivity contribution in [1.82, 2.24) is 9.88 Å². The Bertz CT molecular complexity index is 763. The van der Waals surface area contributed by atoms with Gasteiger partial charge < -0.3 is 9.80 Å². The minimum atomic E-state index is 0.207. The van der Waals surface area contributed by atoms with Gasteiger partial charge in [0.25, 0.3) is 0 Å². The van der Waals surface area contributed by atoms with Gasteiger partial charge in [0, 0.05) is 32.1 Å². The minimum Gasteiger partial charge on any atom is -0.348 e. The van der Waals surface area contributed by atoms with Gasteiger partial charge in [-0.15, -0.1) is 0 Å². The van der Waals surface area contributed by atoms with Crippen molar-refractivity contribution in [2.24, 2.45) is 11.8 Å². The third-order valence-corrected chi connectivity index (χ3v) is 6.70. The molecule has 0 saturated carbocycles. The number of anilines is 1. The highest BCUT2D eigenvalue weighted by Gasteiger charge is 2.31. The second kappa shape index (κ2) is 6.94. The van der Waals surface area contributed by atoms with Gasteiger partial charge in [-0.1, -0.05) is 24.3 Å². The van der Waals surface area contributed by atoms with E-state index < -0.39 is 0 Å². The number of aryl methyl sites for hydroxylation is 1. The van der Waals surface area contributed by atoms with E-state index in [1.165, 1.54) is 16.7 Å². The van der Waals surface area contributed by atoms with E-state index in [9.17, 15) is 4.79 Å². The van der Waals surface area contributed by atoms with Crippen molar-refractivity contribution >= 4 is 32.6 Å². The zero-order chi connectivity index (χ0) is 17.4. The Morgan fingerprint density at radius 3 is 2.76 bits per heavy atom. The number of likely N-dealkylation sites (tertiary alicyclic amines) is 1. The summed E-state index contributed by atoms with van der Waals surface area (Å²) in [7, 11) is 0. The van der Waals surface area contributed by atoms with Crippen LogP contribution >= 0.6 is 11.3 Å². The lowest BCUT2D eigenvalue weighted by atomic mass is 9.93. The van der Waals surface area contributed by atoms with Crippen molar-refractivity contribution in [3.8, 4) is 0 Å². The molecule has 0 radical (unpaired) electrons. The van der Waals surface area contributed by atoms with Crippen LogP contribution in [0.15, 0.2) is 18.2 Å². The first-order valence-electron chi connectivity index (χ1n) is 9.51. The van der Waals surface area contributed by atoms with Crippen molar-refractivity contribution in [3.05, 3.63) is 23.8 Å². The summed E-state index contributed by atoms with van der Waals surface area (Å²) < 4.78 is 1.26. The summed E-state index contributed by atoms with van der Waals surface area (Å²) in [5.74, 6) is 1.26. The lowest BCUT2D eigenvalue weighted by Crippen LogP contribution is -2.46. The maximum absolute atomic E-state index is 12.8. The molecule has 134 valence electrons.